The fourth-order valence-electron chi connectivity index (χ4n) is 3.95. The van der Waals surface area contributed by atoms with Crippen molar-refractivity contribution in [3.05, 3.63) is 71.8 Å². The Labute approximate surface area is 184 Å². The van der Waals surface area contributed by atoms with Crippen molar-refractivity contribution >= 4 is 6.02 Å². The Balaban J connectivity index is 1.64. The number of nitrogens with zero attached hydrogens (tertiary/aromatic N) is 2. The molecule has 0 fully saturated rings. The van der Waals surface area contributed by atoms with E-state index in [1.807, 2.05) is 12.1 Å². The summed E-state index contributed by atoms with van der Waals surface area (Å²) in [7, 11) is 0. The molecule has 7 nitrogen and oxygen atoms in total. The highest BCUT2D eigenvalue weighted by molar-refractivity contribution is 5.78. The number of fused-ring (bicyclic) bond motifs is 4. The number of aliphatic hydroxyl groups is 1. The van der Waals surface area contributed by atoms with E-state index in [4.69, 9.17) is 19.9 Å². The number of pyridine rings is 1. The lowest BCUT2D eigenvalue weighted by Crippen LogP contribution is -2.31. The van der Waals surface area contributed by atoms with Gasteiger partial charge in [-0.3, -0.25) is 0 Å². The van der Waals surface area contributed by atoms with Crippen LogP contribution >= 0.6 is 0 Å². The van der Waals surface area contributed by atoms with Gasteiger partial charge in [0.25, 0.3) is 6.02 Å². The number of hydrogen-bond donors (Lipinski definition) is 2. The first kappa shape index (κ1) is 20.3. The predicted molar refractivity (Wildman–Crippen MR) is 116 cm³/mol. The molecule has 1 aromatic heterocycles. The van der Waals surface area contributed by atoms with Crippen LogP contribution in [-0.2, 0) is 10.3 Å². The van der Waals surface area contributed by atoms with Gasteiger partial charge in [0.05, 0.1) is 5.60 Å². The topological polar surface area (TPSA) is 99.2 Å². The fraction of sp³-hybridized carbons (Fsp3) is 0.250. The van der Waals surface area contributed by atoms with E-state index in [-0.39, 0.29) is 19.2 Å². The molecule has 5 rings (SSSR count). The Kier molecular flexibility index (Phi) is 4.56. The summed E-state index contributed by atoms with van der Waals surface area (Å²) in [4.78, 5) is 8.40. The number of hydrogen-bond acceptors (Lipinski definition) is 7. The lowest BCUT2D eigenvalue weighted by molar-refractivity contribution is 0.0284. The number of nitrogens with two attached hydrogens (primary N) is 1. The second-order valence-corrected chi connectivity index (χ2v) is 8.51. The summed E-state index contributed by atoms with van der Waals surface area (Å²) in [5.41, 5.74) is 6.39. The van der Waals surface area contributed by atoms with Gasteiger partial charge < -0.3 is 25.1 Å². The van der Waals surface area contributed by atoms with E-state index in [1.54, 1.807) is 50.2 Å². The summed E-state index contributed by atoms with van der Waals surface area (Å²) >= 11 is 0. The van der Waals surface area contributed by atoms with E-state index >= 15 is 0 Å². The molecular formula is C24H22FN3O4. The zero-order valence-corrected chi connectivity index (χ0v) is 17.6. The molecule has 3 heterocycles. The van der Waals surface area contributed by atoms with E-state index in [0.717, 1.165) is 0 Å². The number of benzene rings is 2. The molecule has 2 aliphatic rings. The summed E-state index contributed by atoms with van der Waals surface area (Å²) < 4.78 is 31.9. The van der Waals surface area contributed by atoms with E-state index in [9.17, 15) is 9.50 Å². The molecule has 2 aliphatic heterocycles. The normalized spacial score (nSPS) is 18.9. The Morgan fingerprint density at radius 1 is 1.16 bits per heavy atom. The van der Waals surface area contributed by atoms with Crippen LogP contribution in [0.5, 0.6) is 17.2 Å². The minimum Gasteiger partial charge on any atom is -0.491 e. The van der Waals surface area contributed by atoms with Crippen molar-refractivity contribution in [1.29, 1.82) is 0 Å². The third kappa shape index (κ3) is 3.42. The molecular weight excluding hydrogens is 413 g/mol. The summed E-state index contributed by atoms with van der Waals surface area (Å²) in [5.74, 6) is 1.16. The molecule has 3 aromatic rings. The van der Waals surface area contributed by atoms with E-state index < -0.39 is 17.1 Å². The van der Waals surface area contributed by atoms with Crippen LogP contribution in [0.4, 0.5) is 4.39 Å². The van der Waals surface area contributed by atoms with Crippen LogP contribution in [-0.4, -0.2) is 34.9 Å². The fourth-order valence-corrected chi connectivity index (χ4v) is 3.95. The lowest BCUT2D eigenvalue weighted by atomic mass is 9.80. The first-order chi connectivity index (χ1) is 15.2. The van der Waals surface area contributed by atoms with Gasteiger partial charge in [-0.1, -0.05) is 6.07 Å². The van der Waals surface area contributed by atoms with E-state index in [2.05, 4.69) is 9.98 Å². The third-order valence-electron chi connectivity index (χ3n) is 5.43. The Hall–Kier alpha value is -3.65. The maximum absolute atomic E-state index is 14.4. The molecule has 8 heteroatoms. The summed E-state index contributed by atoms with van der Waals surface area (Å²) in [6, 6.07) is 14.2. The smallest absolute Gasteiger partial charge is 0.283 e. The zero-order valence-electron chi connectivity index (χ0n) is 17.6. The molecule has 164 valence electrons. The van der Waals surface area contributed by atoms with Gasteiger partial charge in [0.15, 0.2) is 5.54 Å². The van der Waals surface area contributed by atoms with Gasteiger partial charge in [0.2, 0.25) is 5.95 Å². The molecule has 3 N–H and O–H groups in total. The van der Waals surface area contributed by atoms with E-state index in [1.165, 1.54) is 6.20 Å². The summed E-state index contributed by atoms with van der Waals surface area (Å²) in [6.45, 7) is 3.61. The summed E-state index contributed by atoms with van der Waals surface area (Å²) in [6.07, 6.45) is 1.41. The van der Waals surface area contributed by atoms with Gasteiger partial charge >= 0.3 is 0 Å². The predicted octanol–water partition coefficient (Wildman–Crippen LogP) is 3.73. The average molecular weight is 435 g/mol. The lowest BCUT2D eigenvalue weighted by Gasteiger charge is -2.34. The highest BCUT2D eigenvalue weighted by atomic mass is 19.1. The van der Waals surface area contributed by atoms with Crippen LogP contribution < -0.4 is 15.2 Å². The Morgan fingerprint density at radius 2 is 1.91 bits per heavy atom. The zero-order chi connectivity index (χ0) is 22.5. The first-order valence-electron chi connectivity index (χ1n) is 10.2. The van der Waals surface area contributed by atoms with Gasteiger partial charge in [-0.2, -0.15) is 4.39 Å². The molecule has 0 bridgehead atoms. The maximum atomic E-state index is 14.4. The van der Waals surface area contributed by atoms with Crippen molar-refractivity contribution in [2.24, 2.45) is 10.7 Å². The van der Waals surface area contributed by atoms with Crippen LogP contribution in [0.25, 0.3) is 11.1 Å². The molecule has 1 atom stereocenters. The molecule has 0 saturated heterocycles. The van der Waals surface area contributed by atoms with Gasteiger partial charge in [-0.05, 0) is 61.9 Å². The first-order valence-corrected chi connectivity index (χ1v) is 10.2. The highest BCUT2D eigenvalue weighted by Crippen LogP contribution is 2.52. The van der Waals surface area contributed by atoms with Crippen molar-refractivity contribution < 1.29 is 23.7 Å². The Morgan fingerprint density at radius 3 is 2.59 bits per heavy atom. The average Bonchev–Trinajstić information content (AvgIpc) is 3.15. The molecule has 2 aromatic carbocycles. The minimum absolute atomic E-state index is 0.0598. The largest absolute Gasteiger partial charge is 0.491 e. The molecule has 32 heavy (non-hydrogen) atoms. The van der Waals surface area contributed by atoms with Crippen molar-refractivity contribution in [2.45, 2.75) is 25.0 Å². The highest BCUT2D eigenvalue weighted by Gasteiger charge is 2.47. The van der Waals surface area contributed by atoms with Crippen molar-refractivity contribution in [3.63, 3.8) is 0 Å². The van der Waals surface area contributed by atoms with Gasteiger partial charge in [-0.25, -0.2) is 9.98 Å². The number of aromatic nitrogens is 1. The second kappa shape index (κ2) is 7.20. The maximum Gasteiger partial charge on any atom is 0.283 e. The summed E-state index contributed by atoms with van der Waals surface area (Å²) in [5, 5.41) is 10.0. The van der Waals surface area contributed by atoms with Crippen LogP contribution in [0.1, 0.15) is 25.0 Å². The van der Waals surface area contributed by atoms with Gasteiger partial charge in [0.1, 0.15) is 30.5 Å². The molecule has 0 radical (unpaired) electrons. The van der Waals surface area contributed by atoms with Crippen molar-refractivity contribution in [3.8, 4) is 28.4 Å². The van der Waals surface area contributed by atoms with Crippen LogP contribution in [0.2, 0.25) is 0 Å². The second-order valence-electron chi connectivity index (χ2n) is 8.51. The molecule has 0 aliphatic carbocycles. The number of aliphatic imine (C=N–C) groups is 1. The van der Waals surface area contributed by atoms with Crippen LogP contribution in [0, 0.1) is 5.95 Å². The van der Waals surface area contributed by atoms with Crippen LogP contribution in [0.15, 0.2) is 59.7 Å². The number of amidine groups is 1. The third-order valence-corrected chi connectivity index (χ3v) is 5.43. The number of halogens is 1. The number of ether oxygens (including phenoxy) is 3. The van der Waals surface area contributed by atoms with Crippen molar-refractivity contribution in [1.82, 2.24) is 4.98 Å². The van der Waals surface area contributed by atoms with Crippen molar-refractivity contribution in [2.75, 3.05) is 13.2 Å². The number of rotatable bonds is 4. The van der Waals surface area contributed by atoms with Crippen LogP contribution in [0.3, 0.4) is 0 Å². The minimum atomic E-state index is -0.988. The van der Waals surface area contributed by atoms with Gasteiger partial charge in [0, 0.05) is 22.9 Å². The monoisotopic (exact) mass is 435 g/mol. The standard InChI is InChI=1S/C24H22FN3O4/c1-23(2,29)12-30-15-6-8-20-18(11-15)24(13-31-22(26)28-24)17-10-14(5-7-19(17)32-20)16-4-3-9-27-21(16)25/h3-11,29H,12-13H2,1-2H3,(H2,26,28)/t24-/m0/s1. The van der Waals surface area contributed by atoms with Gasteiger partial charge in [-0.15, -0.1) is 0 Å². The Bertz CT molecular complexity index is 1240. The quantitative estimate of drug-likeness (QED) is 0.606. The molecule has 0 saturated carbocycles. The molecule has 0 unspecified atom stereocenters. The van der Waals surface area contributed by atoms with E-state index in [0.29, 0.717) is 39.5 Å². The molecule has 0 amide bonds. The molecule has 1 spiro atoms. The SMILES string of the molecule is CC(C)(O)COc1ccc2c(c1)[C@]1(COC(N)=N1)c1cc(-c3cccnc3F)ccc1O2.